The fourth-order valence-electron chi connectivity index (χ4n) is 1.49. The molecule has 0 radical (unpaired) electrons. The monoisotopic (exact) mass is 369 g/mol. The molecule has 0 aliphatic heterocycles. The van der Waals surface area contributed by atoms with Gasteiger partial charge >= 0.3 is 5.97 Å². The molecule has 1 aromatic heterocycles. The highest BCUT2D eigenvalue weighted by molar-refractivity contribution is 8.01. The number of amides is 1. The molecule has 2 rings (SSSR count). The van der Waals surface area contributed by atoms with Crippen LogP contribution >= 0.6 is 34.9 Å². The predicted octanol–water partition coefficient (Wildman–Crippen LogP) is 2.68. The number of rotatable bonds is 8. The van der Waals surface area contributed by atoms with Crippen LogP contribution in [-0.2, 0) is 20.1 Å². The number of esters is 1. The summed E-state index contributed by atoms with van der Waals surface area (Å²) in [5.41, 5.74) is 1.18. The van der Waals surface area contributed by atoms with E-state index in [0.29, 0.717) is 15.2 Å². The van der Waals surface area contributed by atoms with Gasteiger partial charge in [0.15, 0.2) is 4.34 Å². The van der Waals surface area contributed by atoms with Gasteiger partial charge in [-0.2, -0.15) is 0 Å². The lowest BCUT2D eigenvalue weighted by Gasteiger charge is -2.01. The molecule has 0 unspecified atom stereocenters. The summed E-state index contributed by atoms with van der Waals surface area (Å²) in [6, 6.07) is 9.97. The molecule has 0 fully saturated rings. The van der Waals surface area contributed by atoms with Gasteiger partial charge in [-0.05, 0) is 5.56 Å². The molecule has 0 aliphatic rings. The normalized spacial score (nSPS) is 10.3. The van der Waals surface area contributed by atoms with Gasteiger partial charge in [-0.3, -0.25) is 14.9 Å². The molecule has 1 aromatic carbocycles. The van der Waals surface area contributed by atoms with E-state index in [9.17, 15) is 9.59 Å². The summed E-state index contributed by atoms with van der Waals surface area (Å²) in [4.78, 5) is 22.9. The van der Waals surface area contributed by atoms with Gasteiger partial charge in [0.1, 0.15) is 0 Å². The van der Waals surface area contributed by atoms with Gasteiger partial charge in [-0.1, -0.05) is 53.4 Å². The number of hydrogen-bond donors (Lipinski definition) is 1. The van der Waals surface area contributed by atoms with Gasteiger partial charge in [0, 0.05) is 5.75 Å². The molecule has 1 N–H and O–H groups in total. The predicted molar refractivity (Wildman–Crippen MR) is 93.9 cm³/mol. The SMILES string of the molecule is COC(=O)CSc1nnc(NC(=O)CSCc2ccccc2)s1. The first-order valence-electron chi connectivity index (χ1n) is 6.62. The standard InChI is InChI=1S/C14H15N3O3S3/c1-20-12(19)9-22-14-17-16-13(23-14)15-11(18)8-21-7-10-5-3-2-4-6-10/h2-6H,7-9H2,1H3,(H,15,16,18). The quantitative estimate of drug-likeness (QED) is 0.435. The number of anilines is 1. The summed E-state index contributed by atoms with van der Waals surface area (Å²) >= 11 is 4.00. The van der Waals surface area contributed by atoms with Gasteiger partial charge in [0.05, 0.1) is 18.6 Å². The molecule has 9 heteroatoms. The molecule has 0 atom stereocenters. The van der Waals surface area contributed by atoms with E-state index < -0.39 is 0 Å². The Hall–Kier alpha value is -1.58. The molecule has 0 spiro atoms. The maximum Gasteiger partial charge on any atom is 0.316 e. The zero-order valence-electron chi connectivity index (χ0n) is 12.4. The van der Waals surface area contributed by atoms with Crippen molar-refractivity contribution in [1.29, 1.82) is 0 Å². The van der Waals surface area contributed by atoms with Crippen molar-refractivity contribution < 1.29 is 14.3 Å². The first kappa shape index (κ1) is 17.8. The van der Waals surface area contributed by atoms with Crippen LogP contribution in [-0.4, -0.2) is 40.7 Å². The topological polar surface area (TPSA) is 81.2 Å². The fourth-order valence-corrected chi connectivity index (χ4v) is 3.88. The molecule has 1 heterocycles. The number of carbonyl (C=O) groups excluding carboxylic acids is 2. The lowest BCUT2D eigenvalue weighted by atomic mass is 10.2. The van der Waals surface area contributed by atoms with Crippen molar-refractivity contribution >= 4 is 51.9 Å². The zero-order chi connectivity index (χ0) is 16.5. The summed E-state index contributed by atoms with van der Waals surface area (Å²) < 4.78 is 5.16. The van der Waals surface area contributed by atoms with Crippen LogP contribution in [0.25, 0.3) is 0 Å². The first-order chi connectivity index (χ1) is 11.2. The third kappa shape index (κ3) is 6.59. The number of carbonyl (C=O) groups is 2. The van der Waals surface area contributed by atoms with E-state index in [0.717, 1.165) is 5.75 Å². The van der Waals surface area contributed by atoms with E-state index in [1.54, 1.807) is 0 Å². The van der Waals surface area contributed by atoms with Crippen molar-refractivity contribution in [3.8, 4) is 0 Å². The lowest BCUT2D eigenvalue weighted by molar-refractivity contribution is -0.137. The van der Waals surface area contributed by atoms with Crippen molar-refractivity contribution in [2.75, 3.05) is 23.9 Å². The Morgan fingerprint density at radius 2 is 2.00 bits per heavy atom. The van der Waals surface area contributed by atoms with Crippen LogP contribution in [0.5, 0.6) is 0 Å². The zero-order valence-corrected chi connectivity index (χ0v) is 14.8. The molecule has 0 bridgehead atoms. The van der Waals surface area contributed by atoms with E-state index in [2.05, 4.69) is 20.3 Å². The number of nitrogens with zero attached hydrogens (tertiary/aromatic N) is 2. The number of ether oxygens (including phenoxy) is 1. The number of methoxy groups -OCH3 is 1. The Kier molecular flexibility index (Phi) is 7.37. The average Bonchev–Trinajstić information content (AvgIpc) is 3.01. The second-order valence-electron chi connectivity index (χ2n) is 4.26. The Labute approximate surface area is 146 Å². The van der Waals surface area contributed by atoms with Crippen LogP contribution in [0.15, 0.2) is 34.7 Å². The summed E-state index contributed by atoms with van der Waals surface area (Å²) in [7, 11) is 1.34. The molecule has 23 heavy (non-hydrogen) atoms. The van der Waals surface area contributed by atoms with E-state index in [-0.39, 0.29) is 17.6 Å². The second kappa shape index (κ2) is 9.53. The number of thioether (sulfide) groups is 2. The smallest absolute Gasteiger partial charge is 0.316 e. The van der Waals surface area contributed by atoms with Crippen LogP contribution < -0.4 is 5.32 Å². The van der Waals surface area contributed by atoms with Crippen LogP contribution in [0.2, 0.25) is 0 Å². The van der Waals surface area contributed by atoms with Crippen molar-refractivity contribution in [3.05, 3.63) is 35.9 Å². The molecule has 2 aromatic rings. The van der Waals surface area contributed by atoms with E-state index in [4.69, 9.17) is 0 Å². The molecule has 6 nitrogen and oxygen atoms in total. The first-order valence-corrected chi connectivity index (χ1v) is 9.57. The van der Waals surface area contributed by atoms with Crippen molar-refractivity contribution in [1.82, 2.24) is 10.2 Å². The number of aromatic nitrogens is 2. The molecule has 0 saturated carbocycles. The fraction of sp³-hybridized carbons (Fsp3) is 0.286. The van der Waals surface area contributed by atoms with Crippen LogP contribution in [0.4, 0.5) is 5.13 Å². The largest absolute Gasteiger partial charge is 0.468 e. The van der Waals surface area contributed by atoms with E-state index in [1.807, 2.05) is 30.3 Å². The molecule has 0 saturated heterocycles. The number of nitrogens with one attached hydrogen (secondary N) is 1. The van der Waals surface area contributed by atoms with Crippen molar-refractivity contribution in [2.45, 2.75) is 10.1 Å². The average molecular weight is 369 g/mol. The summed E-state index contributed by atoms with van der Waals surface area (Å²) in [5, 5.41) is 10.9. The van der Waals surface area contributed by atoms with Crippen LogP contribution in [0.1, 0.15) is 5.56 Å². The van der Waals surface area contributed by atoms with Gasteiger partial charge < -0.3 is 4.74 Å². The number of benzene rings is 1. The molecular weight excluding hydrogens is 354 g/mol. The highest BCUT2D eigenvalue weighted by Gasteiger charge is 2.10. The summed E-state index contributed by atoms with van der Waals surface area (Å²) in [6.07, 6.45) is 0. The van der Waals surface area contributed by atoms with Crippen molar-refractivity contribution in [3.63, 3.8) is 0 Å². The lowest BCUT2D eigenvalue weighted by Crippen LogP contribution is -2.13. The maximum atomic E-state index is 11.9. The summed E-state index contributed by atoms with van der Waals surface area (Å²) in [6.45, 7) is 0. The minimum Gasteiger partial charge on any atom is -0.468 e. The van der Waals surface area contributed by atoms with Gasteiger partial charge in [0.2, 0.25) is 11.0 Å². The minimum absolute atomic E-state index is 0.119. The molecule has 122 valence electrons. The van der Waals surface area contributed by atoms with Gasteiger partial charge in [-0.15, -0.1) is 22.0 Å². The maximum absolute atomic E-state index is 11.9. The highest BCUT2D eigenvalue weighted by Crippen LogP contribution is 2.25. The van der Waals surface area contributed by atoms with Gasteiger partial charge in [0.25, 0.3) is 0 Å². The Morgan fingerprint density at radius 3 is 2.74 bits per heavy atom. The molecule has 1 amide bonds. The Morgan fingerprint density at radius 1 is 1.22 bits per heavy atom. The second-order valence-corrected chi connectivity index (χ2v) is 7.45. The van der Waals surface area contributed by atoms with Gasteiger partial charge in [-0.25, -0.2) is 0 Å². The molecular formula is C14H15N3O3S3. The Balaban J connectivity index is 1.71. The van der Waals surface area contributed by atoms with Crippen LogP contribution in [0.3, 0.4) is 0 Å². The third-order valence-corrected chi connectivity index (χ3v) is 5.49. The van der Waals surface area contributed by atoms with Crippen molar-refractivity contribution in [2.24, 2.45) is 0 Å². The third-order valence-electron chi connectivity index (χ3n) is 2.54. The summed E-state index contributed by atoms with van der Waals surface area (Å²) in [5.74, 6) is 0.857. The highest BCUT2D eigenvalue weighted by atomic mass is 32.2. The minimum atomic E-state index is -0.326. The van der Waals surface area contributed by atoms with Crippen LogP contribution in [0, 0.1) is 0 Å². The molecule has 0 aliphatic carbocycles. The Bertz CT molecular complexity index is 649. The number of hydrogen-bond acceptors (Lipinski definition) is 8. The van der Waals surface area contributed by atoms with E-state index in [1.165, 1.54) is 47.5 Å². The van der Waals surface area contributed by atoms with E-state index >= 15 is 0 Å².